The van der Waals surface area contributed by atoms with Crippen LogP contribution in [0.1, 0.15) is 16.8 Å². The van der Waals surface area contributed by atoms with E-state index in [1.165, 1.54) is 0 Å². The van der Waals surface area contributed by atoms with Crippen molar-refractivity contribution in [1.82, 2.24) is 14.9 Å². The lowest BCUT2D eigenvalue weighted by Gasteiger charge is -2.13. The number of imidazole rings is 1. The van der Waals surface area contributed by atoms with Crippen LogP contribution < -0.4 is 10.2 Å². The van der Waals surface area contributed by atoms with Crippen LogP contribution in [-0.2, 0) is 6.54 Å². The molecule has 0 fully saturated rings. The lowest BCUT2D eigenvalue weighted by Crippen LogP contribution is -2.25. The molecule has 1 N–H and O–H groups in total. The molecule has 0 bridgehead atoms. The van der Waals surface area contributed by atoms with Gasteiger partial charge in [-0.3, -0.25) is 4.79 Å². The molecule has 0 saturated heterocycles. The number of nitrogens with one attached hydrogen (secondary N) is 1. The number of nitrogens with zero attached hydrogens (tertiary/aromatic N) is 3. The van der Waals surface area contributed by atoms with Gasteiger partial charge in [0.25, 0.3) is 5.91 Å². The third-order valence-electron chi connectivity index (χ3n) is 3.06. The molecule has 1 amide bonds. The maximum absolute atomic E-state index is 12.0. The molecule has 2 rings (SSSR count). The van der Waals surface area contributed by atoms with E-state index in [1.807, 2.05) is 54.0 Å². The Morgan fingerprint density at radius 2 is 2.25 bits per heavy atom. The quantitative estimate of drug-likeness (QED) is 0.815. The van der Waals surface area contributed by atoms with Crippen LogP contribution in [0.2, 0.25) is 0 Å². The molecule has 0 aliphatic carbocycles. The highest BCUT2D eigenvalue weighted by Crippen LogP contribution is 2.13. The smallest absolute Gasteiger partial charge is 0.251 e. The van der Waals surface area contributed by atoms with Gasteiger partial charge in [-0.05, 0) is 24.6 Å². The van der Waals surface area contributed by atoms with Gasteiger partial charge in [0.2, 0.25) is 0 Å². The van der Waals surface area contributed by atoms with Gasteiger partial charge in [-0.2, -0.15) is 0 Å². The van der Waals surface area contributed by atoms with Crippen molar-refractivity contribution < 1.29 is 4.79 Å². The number of benzene rings is 1. The Hall–Kier alpha value is -2.30. The first-order valence-electron chi connectivity index (χ1n) is 6.68. The number of carbonyl (C=O) groups excluding carboxylic acids is 1. The lowest BCUT2D eigenvalue weighted by atomic mass is 10.2. The molecule has 0 radical (unpaired) electrons. The SMILES string of the molecule is CN(C)c1cccc(C(=O)NCCCn2ccnc2)c1. The predicted molar refractivity (Wildman–Crippen MR) is 79.9 cm³/mol. The van der Waals surface area contributed by atoms with Gasteiger partial charge in [0.15, 0.2) is 0 Å². The van der Waals surface area contributed by atoms with Crippen LogP contribution in [-0.4, -0.2) is 36.1 Å². The molecular formula is C15H20N4O. The number of aromatic nitrogens is 2. The second-order valence-electron chi connectivity index (χ2n) is 4.85. The van der Waals surface area contributed by atoms with Crippen molar-refractivity contribution in [3.63, 3.8) is 0 Å². The number of rotatable bonds is 6. The Balaban J connectivity index is 1.81. The lowest BCUT2D eigenvalue weighted by molar-refractivity contribution is 0.0953. The summed E-state index contributed by atoms with van der Waals surface area (Å²) in [5.74, 6) is -0.0284. The van der Waals surface area contributed by atoms with Gasteiger partial charge in [0.1, 0.15) is 0 Å². The van der Waals surface area contributed by atoms with Gasteiger partial charge >= 0.3 is 0 Å². The molecule has 106 valence electrons. The highest BCUT2D eigenvalue weighted by Gasteiger charge is 2.06. The van der Waals surface area contributed by atoms with Crippen molar-refractivity contribution in [2.75, 3.05) is 25.5 Å². The molecule has 0 atom stereocenters. The summed E-state index contributed by atoms with van der Waals surface area (Å²) in [6.07, 6.45) is 6.34. The number of anilines is 1. The monoisotopic (exact) mass is 272 g/mol. The van der Waals surface area contributed by atoms with Gasteiger partial charge in [-0.15, -0.1) is 0 Å². The summed E-state index contributed by atoms with van der Waals surface area (Å²) in [5, 5.41) is 2.94. The molecular weight excluding hydrogens is 252 g/mol. The Morgan fingerprint density at radius 1 is 1.40 bits per heavy atom. The Labute approximate surface area is 119 Å². The van der Waals surface area contributed by atoms with Crippen LogP contribution in [0.4, 0.5) is 5.69 Å². The van der Waals surface area contributed by atoms with Crippen molar-refractivity contribution in [2.45, 2.75) is 13.0 Å². The van der Waals surface area contributed by atoms with Crippen LogP contribution in [0.3, 0.4) is 0 Å². The maximum Gasteiger partial charge on any atom is 0.251 e. The zero-order chi connectivity index (χ0) is 14.4. The molecule has 20 heavy (non-hydrogen) atoms. The molecule has 0 unspecified atom stereocenters. The summed E-state index contributed by atoms with van der Waals surface area (Å²) in [4.78, 5) is 18.0. The van der Waals surface area contributed by atoms with Crippen LogP contribution in [0.15, 0.2) is 43.0 Å². The summed E-state index contributed by atoms with van der Waals surface area (Å²) < 4.78 is 2.00. The minimum Gasteiger partial charge on any atom is -0.378 e. The molecule has 2 aromatic rings. The van der Waals surface area contributed by atoms with Gasteiger partial charge in [-0.25, -0.2) is 4.98 Å². The van der Waals surface area contributed by atoms with Crippen molar-refractivity contribution in [2.24, 2.45) is 0 Å². The maximum atomic E-state index is 12.0. The molecule has 5 heteroatoms. The fourth-order valence-electron chi connectivity index (χ4n) is 1.91. The Bertz CT molecular complexity index is 549. The van der Waals surface area contributed by atoms with Crippen LogP contribution >= 0.6 is 0 Å². The number of aryl methyl sites for hydroxylation is 1. The first kappa shape index (κ1) is 14.1. The molecule has 0 aliphatic rings. The summed E-state index contributed by atoms with van der Waals surface area (Å²) in [7, 11) is 3.92. The summed E-state index contributed by atoms with van der Waals surface area (Å²) >= 11 is 0. The normalized spacial score (nSPS) is 10.3. The van der Waals surface area contributed by atoms with E-state index in [0.29, 0.717) is 12.1 Å². The summed E-state index contributed by atoms with van der Waals surface area (Å²) in [6.45, 7) is 1.52. The first-order valence-corrected chi connectivity index (χ1v) is 6.68. The van der Waals surface area contributed by atoms with Gasteiger partial charge in [-0.1, -0.05) is 6.07 Å². The van der Waals surface area contributed by atoms with Crippen molar-refractivity contribution in [1.29, 1.82) is 0 Å². The van der Waals surface area contributed by atoms with E-state index in [4.69, 9.17) is 0 Å². The average molecular weight is 272 g/mol. The van der Waals surface area contributed by atoms with Crippen LogP contribution in [0.5, 0.6) is 0 Å². The van der Waals surface area contributed by atoms with Crippen molar-refractivity contribution in [3.8, 4) is 0 Å². The first-order chi connectivity index (χ1) is 9.66. The highest BCUT2D eigenvalue weighted by molar-refractivity contribution is 5.95. The zero-order valence-corrected chi connectivity index (χ0v) is 11.9. The van der Waals surface area contributed by atoms with Gasteiger partial charge in [0.05, 0.1) is 6.33 Å². The van der Waals surface area contributed by atoms with E-state index in [2.05, 4.69) is 10.3 Å². The summed E-state index contributed by atoms with van der Waals surface area (Å²) in [6, 6.07) is 7.61. The standard InChI is InChI=1S/C15H20N4O/c1-18(2)14-6-3-5-13(11-14)15(20)17-7-4-9-19-10-8-16-12-19/h3,5-6,8,10-12H,4,7,9H2,1-2H3,(H,17,20). The number of hydrogen-bond acceptors (Lipinski definition) is 3. The second-order valence-corrected chi connectivity index (χ2v) is 4.85. The molecule has 1 heterocycles. The van der Waals surface area contributed by atoms with Crippen molar-refractivity contribution >= 4 is 11.6 Å². The van der Waals surface area contributed by atoms with E-state index in [1.54, 1.807) is 12.5 Å². The van der Waals surface area contributed by atoms with Crippen molar-refractivity contribution in [3.05, 3.63) is 48.5 Å². The van der Waals surface area contributed by atoms with E-state index in [-0.39, 0.29) is 5.91 Å². The fraction of sp³-hybridized carbons (Fsp3) is 0.333. The third-order valence-corrected chi connectivity index (χ3v) is 3.06. The predicted octanol–water partition coefficient (Wildman–Crippen LogP) is 1.77. The second kappa shape index (κ2) is 6.75. The molecule has 0 saturated carbocycles. The highest BCUT2D eigenvalue weighted by atomic mass is 16.1. The molecule has 0 spiro atoms. The zero-order valence-electron chi connectivity index (χ0n) is 11.9. The number of carbonyl (C=O) groups is 1. The van der Waals surface area contributed by atoms with Gasteiger partial charge < -0.3 is 14.8 Å². The molecule has 1 aromatic carbocycles. The van der Waals surface area contributed by atoms with E-state index < -0.39 is 0 Å². The number of hydrogen-bond donors (Lipinski definition) is 1. The van der Waals surface area contributed by atoms with E-state index >= 15 is 0 Å². The minimum absolute atomic E-state index is 0.0284. The molecule has 5 nitrogen and oxygen atoms in total. The third kappa shape index (κ3) is 3.85. The minimum atomic E-state index is -0.0284. The van der Waals surface area contributed by atoms with E-state index in [9.17, 15) is 4.79 Å². The number of amides is 1. The van der Waals surface area contributed by atoms with Gasteiger partial charge in [0, 0.05) is 50.8 Å². The molecule has 1 aromatic heterocycles. The van der Waals surface area contributed by atoms with Crippen LogP contribution in [0, 0.1) is 0 Å². The summed E-state index contributed by atoms with van der Waals surface area (Å²) in [5.41, 5.74) is 1.72. The topological polar surface area (TPSA) is 50.2 Å². The van der Waals surface area contributed by atoms with Crippen LogP contribution in [0.25, 0.3) is 0 Å². The van der Waals surface area contributed by atoms with E-state index in [0.717, 1.165) is 18.7 Å². The molecule has 0 aliphatic heterocycles. The average Bonchev–Trinajstić information content (AvgIpc) is 2.96. The Morgan fingerprint density at radius 3 is 2.95 bits per heavy atom. The largest absolute Gasteiger partial charge is 0.378 e. The fourth-order valence-corrected chi connectivity index (χ4v) is 1.91. The Kier molecular flexibility index (Phi) is 4.76.